The number of hydrogen-bond donors (Lipinski definition) is 0. The molecule has 1 unspecified atom stereocenters. The fraction of sp³-hybridized carbons (Fsp3) is 0.625. The second-order valence-corrected chi connectivity index (χ2v) is 11.1. The lowest BCUT2D eigenvalue weighted by atomic mass is 9.65. The lowest BCUT2D eigenvalue weighted by molar-refractivity contribution is 0.123. The van der Waals surface area contributed by atoms with Crippen LogP contribution in [0.2, 0.25) is 0 Å². The van der Waals surface area contributed by atoms with E-state index in [1.165, 1.54) is 57.8 Å². The summed E-state index contributed by atoms with van der Waals surface area (Å²) in [7, 11) is 0. The molecule has 0 aliphatic heterocycles. The van der Waals surface area contributed by atoms with Gasteiger partial charge in [0.05, 0.1) is 0 Å². The maximum atomic E-state index is 14.8. The molecule has 3 heteroatoms. The molecule has 0 saturated heterocycles. The molecule has 0 N–H and O–H groups in total. The summed E-state index contributed by atoms with van der Waals surface area (Å²) in [5.41, 5.74) is 1.37. The van der Waals surface area contributed by atoms with E-state index in [0.29, 0.717) is 11.5 Å². The van der Waals surface area contributed by atoms with Crippen molar-refractivity contribution in [1.82, 2.24) is 0 Å². The first-order chi connectivity index (χ1) is 17.1. The summed E-state index contributed by atoms with van der Waals surface area (Å²) in [4.78, 5) is 0. The number of rotatable bonds is 8. The summed E-state index contributed by atoms with van der Waals surface area (Å²) in [6, 6.07) is 3.26. The van der Waals surface area contributed by atoms with Crippen molar-refractivity contribution < 1.29 is 13.5 Å². The Bertz CT molecular complexity index is 898. The first kappa shape index (κ1) is 26.2. The van der Waals surface area contributed by atoms with Crippen molar-refractivity contribution in [2.24, 2.45) is 29.6 Å². The largest absolute Gasteiger partial charge is 0.486 e. The molecule has 1 aromatic carbocycles. The molecule has 0 amide bonds. The van der Waals surface area contributed by atoms with Crippen molar-refractivity contribution in [3.63, 3.8) is 0 Å². The molecular formula is C32H44F2O. The highest BCUT2D eigenvalue weighted by Gasteiger charge is 2.34. The van der Waals surface area contributed by atoms with Crippen LogP contribution in [-0.4, -0.2) is 6.61 Å². The van der Waals surface area contributed by atoms with E-state index in [1.807, 2.05) is 13.0 Å². The van der Waals surface area contributed by atoms with Gasteiger partial charge in [0.15, 0.2) is 11.6 Å². The fourth-order valence-electron chi connectivity index (χ4n) is 6.96. The normalized spacial score (nSPS) is 30.1. The second-order valence-electron chi connectivity index (χ2n) is 11.1. The smallest absolute Gasteiger partial charge is 0.201 e. The molecule has 3 aliphatic carbocycles. The van der Waals surface area contributed by atoms with Gasteiger partial charge < -0.3 is 4.74 Å². The maximum absolute atomic E-state index is 14.8. The van der Waals surface area contributed by atoms with Crippen LogP contribution < -0.4 is 4.74 Å². The van der Waals surface area contributed by atoms with E-state index in [0.717, 1.165) is 48.5 Å². The maximum Gasteiger partial charge on any atom is 0.201 e. The average Bonchev–Trinajstić information content (AvgIpc) is 2.91. The van der Waals surface area contributed by atoms with Gasteiger partial charge in [-0.25, -0.2) is 4.39 Å². The molecule has 0 radical (unpaired) electrons. The molecule has 2 saturated carbocycles. The lowest BCUT2D eigenvalue weighted by Crippen LogP contribution is -2.28. The van der Waals surface area contributed by atoms with E-state index in [9.17, 15) is 8.78 Å². The predicted octanol–water partition coefficient (Wildman–Crippen LogP) is 9.68. The number of ether oxygens (including phenoxy) is 1. The van der Waals surface area contributed by atoms with Gasteiger partial charge in [-0.1, -0.05) is 30.4 Å². The van der Waals surface area contributed by atoms with Gasteiger partial charge in [0.25, 0.3) is 0 Å². The molecule has 192 valence electrons. The van der Waals surface area contributed by atoms with Crippen molar-refractivity contribution in [2.45, 2.75) is 90.9 Å². The minimum absolute atomic E-state index is 0.0123. The fourth-order valence-corrected chi connectivity index (χ4v) is 6.96. The van der Waals surface area contributed by atoms with Gasteiger partial charge in [-0.15, -0.1) is 0 Å². The van der Waals surface area contributed by atoms with Gasteiger partial charge in [0.2, 0.25) is 5.82 Å². The molecule has 35 heavy (non-hydrogen) atoms. The van der Waals surface area contributed by atoms with Crippen LogP contribution in [0.3, 0.4) is 0 Å². The average molecular weight is 483 g/mol. The Morgan fingerprint density at radius 3 is 2.00 bits per heavy atom. The third-order valence-corrected chi connectivity index (χ3v) is 9.16. The monoisotopic (exact) mass is 482 g/mol. The van der Waals surface area contributed by atoms with E-state index in [-0.39, 0.29) is 12.4 Å². The first-order valence-electron chi connectivity index (χ1n) is 14.1. The van der Waals surface area contributed by atoms with Gasteiger partial charge in [0, 0.05) is 5.56 Å². The highest BCUT2D eigenvalue weighted by Crippen LogP contribution is 2.46. The van der Waals surface area contributed by atoms with Crippen molar-refractivity contribution >= 4 is 5.57 Å². The van der Waals surface area contributed by atoms with E-state index >= 15 is 0 Å². The van der Waals surface area contributed by atoms with Gasteiger partial charge in [-0.2, -0.15) is 4.39 Å². The molecule has 1 nitrogen and oxygen atoms in total. The van der Waals surface area contributed by atoms with Crippen LogP contribution in [0, 0.1) is 41.2 Å². The third-order valence-electron chi connectivity index (χ3n) is 9.16. The van der Waals surface area contributed by atoms with Crippen molar-refractivity contribution in [2.75, 3.05) is 6.61 Å². The minimum atomic E-state index is -0.871. The van der Waals surface area contributed by atoms with Crippen molar-refractivity contribution in [3.05, 3.63) is 59.7 Å². The van der Waals surface area contributed by atoms with Crippen LogP contribution in [0.1, 0.15) is 96.5 Å². The number of benzene rings is 1. The standard InChI is InChI=1S/C32H44F2O/c1-3-5-7-23-8-10-24(11-9-23)25-12-14-26(15-13-25)27-16-18-28(19-17-27)29-20-21-30(32(34)31(29)33)35-22-6-4-2/h3-6,18,20-21,23-27H,7-17,19,22H2,1-2H3. The van der Waals surface area contributed by atoms with Crippen LogP contribution in [0.5, 0.6) is 5.75 Å². The first-order valence-corrected chi connectivity index (χ1v) is 14.1. The van der Waals surface area contributed by atoms with Gasteiger partial charge in [-0.3, -0.25) is 0 Å². The van der Waals surface area contributed by atoms with E-state index in [1.54, 1.807) is 18.2 Å². The predicted molar refractivity (Wildman–Crippen MR) is 142 cm³/mol. The number of halogens is 2. The second kappa shape index (κ2) is 12.9. The molecule has 0 spiro atoms. The number of allylic oxidation sites excluding steroid dienone is 5. The SMILES string of the molecule is CC=CCOc1ccc(C2=CCC(C3CCC(C4CCC(CC=CC)CC4)CC3)CC2)c(F)c1F. The summed E-state index contributed by atoms with van der Waals surface area (Å²) in [5.74, 6) is 2.67. The zero-order valence-corrected chi connectivity index (χ0v) is 21.8. The summed E-state index contributed by atoms with van der Waals surface area (Å²) in [6.07, 6.45) is 25.8. The quantitative estimate of drug-likeness (QED) is 0.335. The summed E-state index contributed by atoms with van der Waals surface area (Å²) < 4.78 is 34.7. The molecular weight excluding hydrogens is 438 g/mol. The van der Waals surface area contributed by atoms with Crippen molar-refractivity contribution in [1.29, 1.82) is 0 Å². The van der Waals surface area contributed by atoms with Crippen LogP contribution in [0.25, 0.3) is 5.57 Å². The van der Waals surface area contributed by atoms with Crippen LogP contribution in [0.4, 0.5) is 8.78 Å². The Kier molecular flexibility index (Phi) is 9.63. The van der Waals surface area contributed by atoms with E-state index in [4.69, 9.17) is 4.74 Å². The van der Waals surface area contributed by atoms with Crippen LogP contribution in [0.15, 0.2) is 42.5 Å². The molecule has 0 heterocycles. The molecule has 4 rings (SSSR count). The molecule has 0 aromatic heterocycles. The highest BCUT2D eigenvalue weighted by molar-refractivity contribution is 5.67. The Morgan fingerprint density at radius 1 is 0.771 bits per heavy atom. The highest BCUT2D eigenvalue weighted by atomic mass is 19.2. The van der Waals surface area contributed by atoms with Gasteiger partial charge in [0.1, 0.15) is 6.61 Å². The Labute approximate surface area is 211 Å². The minimum Gasteiger partial charge on any atom is -0.486 e. The summed E-state index contributed by atoms with van der Waals surface area (Å²) in [5, 5.41) is 0. The van der Waals surface area contributed by atoms with Crippen LogP contribution >= 0.6 is 0 Å². The van der Waals surface area contributed by atoms with Gasteiger partial charge in [-0.05, 0) is 138 Å². The van der Waals surface area contributed by atoms with Crippen LogP contribution in [-0.2, 0) is 0 Å². The Morgan fingerprint density at radius 2 is 1.40 bits per heavy atom. The zero-order valence-electron chi connectivity index (χ0n) is 21.8. The Balaban J connectivity index is 1.26. The van der Waals surface area contributed by atoms with Gasteiger partial charge >= 0.3 is 0 Å². The molecule has 0 bridgehead atoms. The van der Waals surface area contributed by atoms with E-state index < -0.39 is 11.6 Å². The van der Waals surface area contributed by atoms with E-state index in [2.05, 4.69) is 25.2 Å². The van der Waals surface area contributed by atoms with Crippen molar-refractivity contribution in [3.8, 4) is 5.75 Å². The summed E-state index contributed by atoms with van der Waals surface area (Å²) >= 11 is 0. The summed E-state index contributed by atoms with van der Waals surface area (Å²) in [6.45, 7) is 4.25. The number of hydrogen-bond acceptors (Lipinski definition) is 1. The molecule has 1 atom stereocenters. The molecule has 2 fully saturated rings. The lowest BCUT2D eigenvalue weighted by Gasteiger charge is -2.40. The third kappa shape index (κ3) is 6.66. The zero-order chi connectivity index (χ0) is 24.6. The topological polar surface area (TPSA) is 9.23 Å². The molecule has 3 aliphatic rings. The molecule has 1 aromatic rings. The Hall–Kier alpha value is -1.90.